The second kappa shape index (κ2) is 8.78. The number of sulfonamides is 1. The number of hydrogen-bond donors (Lipinski definition) is 2. The van der Waals surface area contributed by atoms with E-state index in [4.69, 9.17) is 0 Å². The van der Waals surface area contributed by atoms with Crippen molar-refractivity contribution in [2.75, 3.05) is 11.9 Å². The van der Waals surface area contributed by atoms with Gasteiger partial charge in [-0.05, 0) is 36.1 Å². The van der Waals surface area contributed by atoms with E-state index in [1.165, 1.54) is 12.1 Å². The predicted octanol–water partition coefficient (Wildman–Crippen LogP) is 3.51. The van der Waals surface area contributed by atoms with Crippen molar-refractivity contribution >= 4 is 21.6 Å². The van der Waals surface area contributed by atoms with E-state index in [1.54, 1.807) is 18.2 Å². The van der Waals surface area contributed by atoms with Crippen LogP contribution in [0.5, 0.6) is 0 Å². The first-order valence-corrected chi connectivity index (χ1v) is 9.86. The van der Waals surface area contributed by atoms with Crippen LogP contribution in [0.1, 0.15) is 38.2 Å². The van der Waals surface area contributed by atoms with Gasteiger partial charge in [0, 0.05) is 18.7 Å². The first-order valence-electron chi connectivity index (χ1n) is 8.37. The number of carbonyl (C=O) groups excluding carboxylic acids is 1. The fourth-order valence-corrected chi connectivity index (χ4v) is 3.51. The summed E-state index contributed by atoms with van der Waals surface area (Å²) in [5.74, 6) is 0.125. The van der Waals surface area contributed by atoms with Crippen molar-refractivity contribution < 1.29 is 13.2 Å². The lowest BCUT2D eigenvalue weighted by Gasteiger charge is -2.15. The maximum atomic E-state index is 12.2. The van der Waals surface area contributed by atoms with E-state index >= 15 is 0 Å². The Morgan fingerprint density at radius 3 is 2.36 bits per heavy atom. The lowest BCUT2D eigenvalue weighted by Crippen LogP contribution is -2.28. The highest BCUT2D eigenvalue weighted by Crippen LogP contribution is 2.26. The number of hydrogen-bond acceptors (Lipinski definition) is 3. The summed E-state index contributed by atoms with van der Waals surface area (Å²) in [5.41, 5.74) is 1.87. The third kappa shape index (κ3) is 5.41. The molecule has 0 radical (unpaired) electrons. The van der Waals surface area contributed by atoms with Crippen LogP contribution in [0.2, 0.25) is 0 Å². The van der Waals surface area contributed by atoms with E-state index < -0.39 is 10.0 Å². The van der Waals surface area contributed by atoms with Gasteiger partial charge in [0.15, 0.2) is 0 Å². The predicted molar refractivity (Wildman–Crippen MR) is 100 cm³/mol. The maximum absolute atomic E-state index is 12.2. The molecule has 0 aliphatic carbocycles. The molecule has 0 aromatic heterocycles. The van der Waals surface area contributed by atoms with E-state index in [2.05, 4.69) is 23.9 Å². The lowest BCUT2D eigenvalue weighted by molar-refractivity contribution is -0.116. The van der Waals surface area contributed by atoms with Crippen LogP contribution in [-0.2, 0) is 14.8 Å². The highest BCUT2D eigenvalue weighted by Gasteiger charge is 2.14. The van der Waals surface area contributed by atoms with Crippen LogP contribution >= 0.6 is 0 Å². The highest BCUT2D eigenvalue weighted by molar-refractivity contribution is 7.89. The van der Waals surface area contributed by atoms with Gasteiger partial charge in [0.2, 0.25) is 15.9 Å². The summed E-state index contributed by atoms with van der Waals surface area (Å²) in [4.78, 5) is 12.3. The summed E-state index contributed by atoms with van der Waals surface area (Å²) in [6.45, 7) is 4.26. The quantitative estimate of drug-likeness (QED) is 0.756. The number of carbonyl (C=O) groups is 1. The van der Waals surface area contributed by atoms with Gasteiger partial charge in [0.1, 0.15) is 0 Å². The number of rotatable bonds is 8. The zero-order chi connectivity index (χ0) is 18.3. The van der Waals surface area contributed by atoms with Gasteiger partial charge >= 0.3 is 0 Å². The third-order valence-electron chi connectivity index (χ3n) is 4.08. The Balaban J connectivity index is 1.92. The molecule has 2 N–H and O–H groups in total. The Morgan fingerprint density at radius 2 is 1.68 bits per heavy atom. The number of amides is 1. The van der Waals surface area contributed by atoms with Crippen LogP contribution in [0.4, 0.5) is 5.69 Å². The highest BCUT2D eigenvalue weighted by atomic mass is 32.2. The standard InChI is InChI=1S/C19H24N2O3S/c1-3-15(2)17-11-7-8-12-18(17)21-19(22)13-14-20-25(23,24)16-9-5-4-6-10-16/h4-12,15,20H,3,13-14H2,1-2H3,(H,21,22)/t15-/m1/s1. The van der Waals surface area contributed by atoms with Crippen LogP contribution < -0.4 is 10.0 Å². The van der Waals surface area contributed by atoms with Crippen LogP contribution in [0, 0.1) is 0 Å². The van der Waals surface area contributed by atoms with Crippen LogP contribution in [0.25, 0.3) is 0 Å². The lowest BCUT2D eigenvalue weighted by atomic mass is 9.97. The van der Waals surface area contributed by atoms with Gasteiger partial charge in [0.05, 0.1) is 4.90 Å². The Hall–Kier alpha value is -2.18. The van der Waals surface area contributed by atoms with Crippen molar-refractivity contribution in [3.8, 4) is 0 Å². The largest absolute Gasteiger partial charge is 0.326 e. The minimum Gasteiger partial charge on any atom is -0.326 e. The summed E-state index contributed by atoms with van der Waals surface area (Å²) < 4.78 is 26.7. The Morgan fingerprint density at radius 1 is 1.04 bits per heavy atom. The molecule has 0 heterocycles. The van der Waals surface area contributed by atoms with Crippen LogP contribution in [-0.4, -0.2) is 20.9 Å². The van der Waals surface area contributed by atoms with Gasteiger partial charge in [-0.2, -0.15) is 0 Å². The van der Waals surface area contributed by atoms with Gasteiger partial charge in [-0.15, -0.1) is 0 Å². The fourth-order valence-electron chi connectivity index (χ4n) is 2.46. The Kier molecular flexibility index (Phi) is 6.73. The van der Waals surface area contributed by atoms with Gasteiger partial charge in [-0.3, -0.25) is 4.79 Å². The molecule has 5 nitrogen and oxygen atoms in total. The molecule has 6 heteroatoms. The molecular formula is C19H24N2O3S. The Labute approximate surface area is 149 Å². The molecule has 0 aliphatic heterocycles. The molecule has 0 aliphatic rings. The molecule has 0 spiro atoms. The van der Waals surface area contributed by atoms with E-state index in [-0.39, 0.29) is 23.8 Å². The van der Waals surface area contributed by atoms with Crippen molar-refractivity contribution in [2.45, 2.75) is 37.5 Å². The molecule has 1 amide bonds. The molecule has 25 heavy (non-hydrogen) atoms. The summed E-state index contributed by atoms with van der Waals surface area (Å²) in [6.07, 6.45) is 1.05. The second-order valence-electron chi connectivity index (χ2n) is 5.91. The van der Waals surface area contributed by atoms with Crippen molar-refractivity contribution in [3.05, 3.63) is 60.2 Å². The van der Waals surface area contributed by atoms with Crippen molar-refractivity contribution in [1.82, 2.24) is 4.72 Å². The van der Waals surface area contributed by atoms with Gasteiger partial charge in [-0.1, -0.05) is 50.2 Å². The maximum Gasteiger partial charge on any atom is 0.240 e. The van der Waals surface area contributed by atoms with E-state index in [9.17, 15) is 13.2 Å². The first kappa shape index (κ1) is 19.1. The monoisotopic (exact) mass is 360 g/mol. The number of benzene rings is 2. The molecule has 0 saturated carbocycles. The molecule has 1 atom stereocenters. The number of para-hydroxylation sites is 1. The average Bonchev–Trinajstić information content (AvgIpc) is 2.62. The zero-order valence-electron chi connectivity index (χ0n) is 14.5. The average molecular weight is 360 g/mol. The smallest absolute Gasteiger partial charge is 0.240 e. The molecule has 2 rings (SSSR count). The number of anilines is 1. The fraction of sp³-hybridized carbons (Fsp3) is 0.316. The minimum absolute atomic E-state index is 0.0502. The van der Waals surface area contributed by atoms with Gasteiger partial charge < -0.3 is 5.32 Å². The van der Waals surface area contributed by atoms with Gasteiger partial charge in [0.25, 0.3) is 0 Å². The molecule has 2 aromatic rings. The van der Waals surface area contributed by atoms with Crippen molar-refractivity contribution in [2.24, 2.45) is 0 Å². The second-order valence-corrected chi connectivity index (χ2v) is 7.67. The Bertz CT molecular complexity index is 804. The summed E-state index contributed by atoms with van der Waals surface area (Å²) in [5, 5.41) is 2.88. The molecule has 0 bridgehead atoms. The molecule has 0 saturated heterocycles. The van der Waals surface area contributed by atoms with Gasteiger partial charge in [-0.25, -0.2) is 13.1 Å². The summed E-state index contributed by atoms with van der Waals surface area (Å²) in [6, 6.07) is 15.8. The molecule has 2 aromatic carbocycles. The normalized spacial score (nSPS) is 12.6. The number of nitrogens with one attached hydrogen (secondary N) is 2. The van der Waals surface area contributed by atoms with Crippen molar-refractivity contribution in [3.63, 3.8) is 0 Å². The topological polar surface area (TPSA) is 75.3 Å². The molecule has 0 unspecified atom stereocenters. The first-order chi connectivity index (χ1) is 11.9. The van der Waals surface area contributed by atoms with E-state index in [0.29, 0.717) is 5.92 Å². The SMILES string of the molecule is CC[C@@H](C)c1ccccc1NC(=O)CCNS(=O)(=O)c1ccccc1. The third-order valence-corrected chi connectivity index (χ3v) is 5.55. The van der Waals surface area contributed by atoms with Crippen LogP contribution in [0.3, 0.4) is 0 Å². The molecular weight excluding hydrogens is 336 g/mol. The minimum atomic E-state index is -3.58. The summed E-state index contributed by atoms with van der Waals surface area (Å²) >= 11 is 0. The molecule has 134 valence electrons. The summed E-state index contributed by atoms with van der Waals surface area (Å²) in [7, 11) is -3.58. The van der Waals surface area contributed by atoms with E-state index in [0.717, 1.165) is 17.7 Å². The van der Waals surface area contributed by atoms with E-state index in [1.807, 2.05) is 24.3 Å². The van der Waals surface area contributed by atoms with Crippen LogP contribution in [0.15, 0.2) is 59.5 Å². The molecule has 0 fully saturated rings. The van der Waals surface area contributed by atoms with Crippen molar-refractivity contribution in [1.29, 1.82) is 0 Å². The zero-order valence-corrected chi connectivity index (χ0v) is 15.3.